The van der Waals surface area contributed by atoms with Gasteiger partial charge in [-0.3, -0.25) is 5.43 Å². The zero-order chi connectivity index (χ0) is 34.5. The van der Waals surface area contributed by atoms with E-state index in [9.17, 15) is 14.7 Å². The number of ether oxygens (including phenoxy) is 5. The molecule has 2 amide bonds. The number of aliphatic hydroxyl groups excluding tert-OH is 1. The molecule has 0 saturated heterocycles. The van der Waals surface area contributed by atoms with E-state index in [0.717, 1.165) is 16.7 Å². The number of amides is 2. The topological polar surface area (TPSA) is 149 Å². The summed E-state index contributed by atoms with van der Waals surface area (Å²) in [6.07, 6.45) is 2.76. The van der Waals surface area contributed by atoms with E-state index in [1.54, 1.807) is 37.4 Å². The molecule has 1 aliphatic heterocycles. The monoisotopic (exact) mass is 658 g/mol. The van der Waals surface area contributed by atoms with Gasteiger partial charge in [-0.25, -0.2) is 9.59 Å². The number of hydrogen-bond acceptors (Lipinski definition) is 10. The van der Waals surface area contributed by atoms with Crippen LogP contribution in [0.3, 0.4) is 0 Å². The number of nitrogens with one attached hydrogen (secondary N) is 3. The van der Waals surface area contributed by atoms with E-state index in [1.807, 2.05) is 56.3 Å². The Morgan fingerprint density at radius 1 is 1.02 bits per heavy atom. The quantitative estimate of drug-likeness (QED) is 0.0522. The van der Waals surface area contributed by atoms with Gasteiger partial charge in [0.1, 0.15) is 13.2 Å². The van der Waals surface area contributed by atoms with Crippen LogP contribution in [0, 0.1) is 0 Å². The fourth-order valence-electron chi connectivity index (χ4n) is 5.04. The van der Waals surface area contributed by atoms with Gasteiger partial charge in [-0.1, -0.05) is 42.5 Å². The highest BCUT2D eigenvalue weighted by atomic mass is 16.5. The Balaban J connectivity index is 1.44. The van der Waals surface area contributed by atoms with Crippen LogP contribution in [-0.2, 0) is 22.6 Å². The molecular formula is C36H42N4O8. The molecule has 0 aliphatic carbocycles. The van der Waals surface area contributed by atoms with Gasteiger partial charge in [0.15, 0.2) is 29.2 Å². The molecule has 0 radical (unpaired) electrons. The second kappa shape index (κ2) is 17.4. The number of aliphatic hydroxyl groups is 1. The maximum absolute atomic E-state index is 12.5. The molecule has 3 aromatic carbocycles. The minimum Gasteiger partial charge on any atom is -0.490 e. The predicted molar refractivity (Wildman–Crippen MR) is 181 cm³/mol. The van der Waals surface area contributed by atoms with E-state index in [-0.39, 0.29) is 12.2 Å². The Hall–Kier alpha value is -5.49. The highest BCUT2D eigenvalue weighted by molar-refractivity contribution is 5.95. The minimum absolute atomic E-state index is 0.161. The largest absolute Gasteiger partial charge is 0.490 e. The molecule has 0 saturated carbocycles. The average molecular weight is 659 g/mol. The van der Waals surface area contributed by atoms with Crippen LogP contribution in [0.4, 0.5) is 4.79 Å². The van der Waals surface area contributed by atoms with Crippen molar-refractivity contribution < 1.29 is 38.4 Å². The minimum atomic E-state index is -1.16. The van der Waals surface area contributed by atoms with E-state index in [1.165, 1.54) is 7.11 Å². The molecule has 1 aliphatic rings. The molecule has 48 heavy (non-hydrogen) atoms. The van der Waals surface area contributed by atoms with Crippen molar-refractivity contribution in [1.82, 2.24) is 16.1 Å². The van der Waals surface area contributed by atoms with Crippen molar-refractivity contribution in [1.29, 1.82) is 0 Å². The lowest BCUT2D eigenvalue weighted by Gasteiger charge is -2.28. The van der Waals surface area contributed by atoms with E-state index in [2.05, 4.69) is 27.7 Å². The first-order chi connectivity index (χ1) is 23.3. The number of urea groups is 1. The average Bonchev–Trinajstić information content (AvgIpc) is 3.07. The van der Waals surface area contributed by atoms with Crippen LogP contribution in [-0.4, -0.2) is 56.5 Å². The zero-order valence-corrected chi connectivity index (χ0v) is 27.6. The summed E-state index contributed by atoms with van der Waals surface area (Å²) in [6, 6.07) is 17.5. The van der Waals surface area contributed by atoms with Gasteiger partial charge in [0.25, 0.3) is 0 Å². The Kier molecular flexibility index (Phi) is 12.8. The second-order valence-electron chi connectivity index (χ2n) is 10.6. The second-order valence-corrected chi connectivity index (χ2v) is 10.6. The van der Waals surface area contributed by atoms with Crippen LogP contribution in [0.5, 0.6) is 23.0 Å². The van der Waals surface area contributed by atoms with E-state index < -0.39 is 24.3 Å². The Bertz CT molecular complexity index is 1640. The molecule has 3 aromatic rings. The van der Waals surface area contributed by atoms with Crippen molar-refractivity contribution in [3.8, 4) is 23.0 Å². The van der Waals surface area contributed by atoms with Gasteiger partial charge in [0.05, 0.1) is 38.2 Å². The van der Waals surface area contributed by atoms with Crippen molar-refractivity contribution in [2.75, 3.05) is 26.9 Å². The van der Waals surface area contributed by atoms with Crippen molar-refractivity contribution >= 4 is 18.2 Å². The molecule has 4 N–H and O–H groups in total. The lowest BCUT2D eigenvalue weighted by Crippen LogP contribution is -2.45. The third-order valence-electron chi connectivity index (χ3n) is 7.15. The first-order valence-corrected chi connectivity index (χ1v) is 15.6. The summed E-state index contributed by atoms with van der Waals surface area (Å²) in [4.78, 5) is 24.7. The maximum Gasteiger partial charge on any atom is 0.337 e. The molecule has 12 heteroatoms. The molecular weight excluding hydrogens is 616 g/mol. The highest BCUT2D eigenvalue weighted by Crippen LogP contribution is 2.36. The van der Waals surface area contributed by atoms with Gasteiger partial charge >= 0.3 is 12.0 Å². The summed E-state index contributed by atoms with van der Waals surface area (Å²) in [7, 11) is 1.28. The first kappa shape index (κ1) is 35.4. The smallest absolute Gasteiger partial charge is 0.337 e. The molecule has 4 rings (SSSR count). The van der Waals surface area contributed by atoms with E-state index in [4.69, 9.17) is 23.7 Å². The molecule has 0 fully saturated rings. The highest BCUT2D eigenvalue weighted by Gasteiger charge is 2.32. The third-order valence-corrected chi connectivity index (χ3v) is 7.15. The first-order valence-electron chi connectivity index (χ1n) is 15.6. The van der Waals surface area contributed by atoms with Crippen molar-refractivity contribution in [3.63, 3.8) is 0 Å². The molecule has 0 aromatic heterocycles. The van der Waals surface area contributed by atoms with Crippen LogP contribution in [0.1, 0.15) is 49.1 Å². The van der Waals surface area contributed by atoms with E-state index >= 15 is 0 Å². The number of hydrogen-bond donors (Lipinski definition) is 4. The normalized spacial score (nSPS) is 14.9. The number of benzene rings is 3. The molecule has 0 bridgehead atoms. The number of hydrazone groups is 1. The molecule has 12 nitrogen and oxygen atoms in total. The van der Waals surface area contributed by atoms with Gasteiger partial charge in [0, 0.05) is 11.3 Å². The number of esters is 1. The van der Waals surface area contributed by atoms with Gasteiger partial charge < -0.3 is 39.4 Å². The van der Waals surface area contributed by atoms with Crippen molar-refractivity contribution in [2.24, 2.45) is 5.10 Å². The van der Waals surface area contributed by atoms with Gasteiger partial charge in [0.2, 0.25) is 0 Å². The number of rotatable bonds is 17. The van der Waals surface area contributed by atoms with Crippen LogP contribution in [0.25, 0.3) is 0 Å². The number of allylic oxidation sites excluding steroid dienone is 2. The number of methoxy groups -OCH3 is 1. The summed E-state index contributed by atoms with van der Waals surface area (Å²) in [5.74, 6) is 1.38. The number of carbonyl (C=O) groups excluding carboxylic acids is 2. The molecule has 2 atom stereocenters. The van der Waals surface area contributed by atoms with Crippen molar-refractivity contribution in [2.45, 2.75) is 46.1 Å². The van der Waals surface area contributed by atoms with Crippen LogP contribution >= 0.6 is 0 Å². The van der Waals surface area contributed by atoms with Gasteiger partial charge in [-0.2, -0.15) is 5.10 Å². The lowest BCUT2D eigenvalue weighted by molar-refractivity contribution is -0.136. The van der Waals surface area contributed by atoms with Crippen molar-refractivity contribution in [3.05, 3.63) is 107 Å². The van der Waals surface area contributed by atoms with Crippen LogP contribution in [0.15, 0.2) is 89.7 Å². The third kappa shape index (κ3) is 9.29. The summed E-state index contributed by atoms with van der Waals surface area (Å²) < 4.78 is 28.7. The summed E-state index contributed by atoms with van der Waals surface area (Å²) in [5.41, 5.74) is 6.57. The van der Waals surface area contributed by atoms with Gasteiger partial charge in [-0.05, 0) is 68.1 Å². The van der Waals surface area contributed by atoms with Gasteiger partial charge in [-0.15, -0.1) is 6.58 Å². The summed E-state index contributed by atoms with van der Waals surface area (Å²) in [5, 5.41) is 20.1. The van der Waals surface area contributed by atoms with Crippen LogP contribution in [0.2, 0.25) is 0 Å². The SMILES string of the molecule is C=CCc1cc(/C=N\N[C@H](O)COc2ccc([C@@H]3NC(=O)NC(C)=C3C(=O)OC)cc2OCC)cc(OCC)c1OCc1ccccc1. The summed E-state index contributed by atoms with van der Waals surface area (Å²) >= 11 is 0. The fourth-order valence-corrected chi connectivity index (χ4v) is 5.04. The number of nitrogens with zero attached hydrogens (tertiary/aromatic N) is 1. The maximum atomic E-state index is 12.5. The zero-order valence-electron chi connectivity index (χ0n) is 27.6. The lowest BCUT2D eigenvalue weighted by atomic mass is 9.95. The summed E-state index contributed by atoms with van der Waals surface area (Å²) in [6.45, 7) is 10.2. The fraction of sp³-hybridized carbons (Fsp3) is 0.306. The Morgan fingerprint density at radius 2 is 1.77 bits per heavy atom. The number of carbonyl (C=O) groups is 2. The molecule has 0 unspecified atom stereocenters. The predicted octanol–water partition coefficient (Wildman–Crippen LogP) is 4.91. The molecule has 0 spiro atoms. The Morgan fingerprint density at radius 3 is 2.48 bits per heavy atom. The van der Waals surface area contributed by atoms with E-state index in [0.29, 0.717) is 60.5 Å². The Labute approximate surface area is 280 Å². The van der Waals surface area contributed by atoms with Crippen LogP contribution < -0.4 is 35.0 Å². The molecule has 1 heterocycles. The standard InChI is InChI=1S/C36H42N4O8/c1-6-12-27-17-25(18-30(46-8-3)34(27)48-21-24-13-10-9-11-14-24)20-37-40-31(41)22-47-28-16-15-26(19-29(28)45-7-2)33-32(35(42)44-5)23(4)38-36(43)39-33/h6,9-11,13-20,31,33,40-41H,1,7-8,12,21-22H2,2-5H3,(H2,38,39,43)/b37-20-/t31-,33+/m1/s1. The molecule has 254 valence electrons.